The van der Waals surface area contributed by atoms with Crippen LogP contribution in [0.4, 0.5) is 4.79 Å². The molecule has 0 saturated heterocycles. The molecule has 1 heterocycles. The Balaban J connectivity index is 1.70. The Morgan fingerprint density at radius 2 is 2.00 bits per heavy atom. The minimum absolute atomic E-state index is 0.157. The van der Waals surface area contributed by atoms with E-state index in [1.54, 1.807) is 12.1 Å². The maximum atomic E-state index is 12.0. The molecule has 2 amide bonds. The molecule has 6 heteroatoms. The van der Waals surface area contributed by atoms with Gasteiger partial charge in [-0.15, -0.1) is 0 Å². The Bertz CT molecular complexity index is 657. The predicted octanol–water partition coefficient (Wildman–Crippen LogP) is 3.17. The number of benzene rings is 1. The molecule has 0 spiro atoms. The lowest BCUT2D eigenvalue weighted by Crippen LogP contribution is -2.44. The van der Waals surface area contributed by atoms with Crippen molar-refractivity contribution >= 4 is 6.03 Å². The van der Waals surface area contributed by atoms with Crippen LogP contribution in [-0.2, 0) is 0 Å². The van der Waals surface area contributed by atoms with Gasteiger partial charge >= 0.3 is 6.03 Å². The number of ether oxygens (including phenoxy) is 1. The average molecular weight is 346 g/mol. The normalized spacial score (nSPS) is 14.4. The summed E-state index contributed by atoms with van der Waals surface area (Å²) in [6, 6.07) is 10.7. The maximum Gasteiger partial charge on any atom is 0.315 e. The van der Waals surface area contributed by atoms with E-state index in [0.717, 1.165) is 11.3 Å². The summed E-state index contributed by atoms with van der Waals surface area (Å²) in [6.07, 6.45) is 0.986. The number of hydrogen-bond acceptors (Lipinski definition) is 4. The quantitative estimate of drug-likeness (QED) is 0.685. The Kier molecular flexibility index (Phi) is 6.89. The monoisotopic (exact) mass is 346 g/mol. The van der Waals surface area contributed by atoms with Crippen molar-refractivity contribution in [2.45, 2.75) is 45.4 Å². The Labute approximate surface area is 148 Å². The van der Waals surface area contributed by atoms with Gasteiger partial charge in [0, 0.05) is 12.5 Å². The van der Waals surface area contributed by atoms with Gasteiger partial charge in [0.05, 0.1) is 12.8 Å². The summed E-state index contributed by atoms with van der Waals surface area (Å²) in [5.41, 5.74) is 1.05. The number of aliphatic hydroxyl groups excluding tert-OH is 1. The molecule has 136 valence electrons. The Morgan fingerprint density at radius 3 is 2.68 bits per heavy atom. The largest absolute Gasteiger partial charge is 0.489 e. The van der Waals surface area contributed by atoms with Crippen LogP contribution < -0.4 is 15.4 Å². The summed E-state index contributed by atoms with van der Waals surface area (Å²) in [7, 11) is 0. The molecule has 0 fully saturated rings. The third kappa shape index (κ3) is 6.15. The molecule has 3 unspecified atom stereocenters. The number of hydrogen-bond donors (Lipinski definition) is 3. The smallest absolute Gasteiger partial charge is 0.315 e. The lowest BCUT2D eigenvalue weighted by Gasteiger charge is -2.19. The molecule has 0 aliphatic rings. The molecule has 3 N–H and O–H groups in total. The summed E-state index contributed by atoms with van der Waals surface area (Å²) in [6.45, 7) is 6.09. The molecule has 0 aliphatic carbocycles. The van der Waals surface area contributed by atoms with Gasteiger partial charge in [-0.25, -0.2) is 4.79 Å². The lowest BCUT2D eigenvalue weighted by atomic mass is 10.1. The van der Waals surface area contributed by atoms with Crippen molar-refractivity contribution in [3.8, 4) is 5.75 Å². The third-order valence-electron chi connectivity index (χ3n) is 3.80. The van der Waals surface area contributed by atoms with Gasteiger partial charge in [0.2, 0.25) is 0 Å². The predicted molar refractivity (Wildman–Crippen MR) is 95.6 cm³/mol. The van der Waals surface area contributed by atoms with Crippen molar-refractivity contribution < 1.29 is 19.1 Å². The highest BCUT2D eigenvalue weighted by atomic mass is 16.5. The summed E-state index contributed by atoms with van der Waals surface area (Å²) < 4.78 is 11.0. The molecule has 25 heavy (non-hydrogen) atoms. The molecule has 2 rings (SSSR count). The van der Waals surface area contributed by atoms with Crippen molar-refractivity contribution in [1.29, 1.82) is 0 Å². The van der Waals surface area contributed by atoms with Crippen LogP contribution in [-0.4, -0.2) is 29.8 Å². The second-order valence-electron chi connectivity index (χ2n) is 6.22. The van der Waals surface area contributed by atoms with Gasteiger partial charge in [-0.2, -0.15) is 0 Å². The molecule has 0 saturated carbocycles. The van der Waals surface area contributed by atoms with Gasteiger partial charge in [0.15, 0.2) is 0 Å². The zero-order valence-corrected chi connectivity index (χ0v) is 14.9. The topological polar surface area (TPSA) is 83.7 Å². The molecular weight excluding hydrogens is 320 g/mol. The molecule has 1 aromatic heterocycles. The standard InChI is InChI=1S/C19H26N2O4/c1-13-7-4-5-8-17(13)25-15(3)12-20-19(23)21-14(2)11-16(22)18-9-6-10-24-18/h4-10,14-16,22H,11-12H2,1-3H3,(H2,20,21,23). The first-order valence-corrected chi connectivity index (χ1v) is 8.44. The number of amides is 2. The highest BCUT2D eigenvalue weighted by Gasteiger charge is 2.16. The van der Waals surface area contributed by atoms with Crippen molar-refractivity contribution in [1.82, 2.24) is 10.6 Å². The number of urea groups is 1. The van der Waals surface area contributed by atoms with Crippen LogP contribution in [0.5, 0.6) is 5.75 Å². The van der Waals surface area contributed by atoms with Gasteiger partial charge in [0.1, 0.15) is 23.7 Å². The molecule has 1 aromatic carbocycles. The van der Waals surface area contributed by atoms with Gasteiger partial charge < -0.3 is 24.9 Å². The summed E-state index contributed by atoms with van der Waals surface area (Å²) in [5, 5.41) is 15.6. The van der Waals surface area contributed by atoms with E-state index in [1.807, 2.05) is 45.0 Å². The van der Waals surface area contributed by atoms with E-state index < -0.39 is 6.10 Å². The Morgan fingerprint density at radius 1 is 1.24 bits per heavy atom. The van der Waals surface area contributed by atoms with E-state index in [4.69, 9.17) is 9.15 Å². The fourth-order valence-electron chi connectivity index (χ4n) is 2.45. The number of carbonyl (C=O) groups is 1. The number of aliphatic hydroxyl groups is 1. The SMILES string of the molecule is Cc1ccccc1OC(C)CNC(=O)NC(C)CC(O)c1ccco1. The Hall–Kier alpha value is -2.47. The highest BCUT2D eigenvalue weighted by Crippen LogP contribution is 2.19. The minimum atomic E-state index is -0.742. The molecule has 0 radical (unpaired) electrons. The van der Waals surface area contributed by atoms with Crippen LogP contribution in [0.25, 0.3) is 0 Å². The zero-order valence-electron chi connectivity index (χ0n) is 14.9. The van der Waals surface area contributed by atoms with Crippen molar-refractivity contribution in [2.24, 2.45) is 0 Å². The second-order valence-corrected chi connectivity index (χ2v) is 6.22. The van der Waals surface area contributed by atoms with Crippen molar-refractivity contribution in [2.75, 3.05) is 6.54 Å². The van der Waals surface area contributed by atoms with Gasteiger partial charge in [0.25, 0.3) is 0 Å². The van der Waals surface area contributed by atoms with E-state index in [2.05, 4.69) is 10.6 Å². The number of rotatable bonds is 8. The van der Waals surface area contributed by atoms with Crippen LogP contribution in [0, 0.1) is 6.92 Å². The van der Waals surface area contributed by atoms with Crippen molar-refractivity contribution in [3.05, 3.63) is 54.0 Å². The minimum Gasteiger partial charge on any atom is -0.489 e. The van der Waals surface area contributed by atoms with Gasteiger partial charge in [-0.3, -0.25) is 0 Å². The maximum absolute atomic E-state index is 12.0. The number of aryl methyl sites for hydroxylation is 1. The van der Waals surface area contributed by atoms with Crippen molar-refractivity contribution in [3.63, 3.8) is 0 Å². The van der Waals surface area contributed by atoms with E-state index in [0.29, 0.717) is 18.7 Å². The van der Waals surface area contributed by atoms with Crippen LogP contribution in [0.3, 0.4) is 0 Å². The van der Waals surface area contributed by atoms with E-state index in [9.17, 15) is 9.90 Å². The lowest BCUT2D eigenvalue weighted by molar-refractivity contribution is 0.129. The number of furan rings is 1. The van der Waals surface area contributed by atoms with Crippen LogP contribution >= 0.6 is 0 Å². The van der Waals surface area contributed by atoms with Gasteiger partial charge in [-0.05, 0) is 44.5 Å². The van der Waals surface area contributed by atoms with E-state index in [1.165, 1.54) is 6.26 Å². The first-order valence-electron chi connectivity index (χ1n) is 8.44. The summed E-state index contributed by atoms with van der Waals surface area (Å²) in [5.74, 6) is 1.31. The van der Waals surface area contributed by atoms with Crippen LogP contribution in [0.15, 0.2) is 47.1 Å². The molecular formula is C19H26N2O4. The molecule has 6 nitrogen and oxygen atoms in total. The number of carbonyl (C=O) groups excluding carboxylic acids is 1. The highest BCUT2D eigenvalue weighted by molar-refractivity contribution is 5.74. The second kappa shape index (κ2) is 9.13. The summed E-state index contributed by atoms with van der Waals surface area (Å²) >= 11 is 0. The fourth-order valence-corrected chi connectivity index (χ4v) is 2.45. The third-order valence-corrected chi connectivity index (χ3v) is 3.80. The van der Waals surface area contributed by atoms with Gasteiger partial charge in [-0.1, -0.05) is 18.2 Å². The fraction of sp³-hybridized carbons (Fsp3) is 0.421. The zero-order chi connectivity index (χ0) is 18.2. The van der Waals surface area contributed by atoms with E-state index in [-0.39, 0.29) is 18.2 Å². The molecule has 2 aromatic rings. The average Bonchev–Trinajstić information content (AvgIpc) is 3.09. The number of para-hydroxylation sites is 1. The van der Waals surface area contributed by atoms with E-state index >= 15 is 0 Å². The number of nitrogens with one attached hydrogen (secondary N) is 2. The first kappa shape index (κ1) is 18.9. The van der Waals surface area contributed by atoms with Crippen LogP contribution in [0.1, 0.15) is 37.7 Å². The van der Waals surface area contributed by atoms with Crippen LogP contribution in [0.2, 0.25) is 0 Å². The molecule has 0 aliphatic heterocycles. The molecule has 0 bridgehead atoms. The first-order chi connectivity index (χ1) is 12.0. The summed E-state index contributed by atoms with van der Waals surface area (Å²) in [4.78, 5) is 12.0. The molecule has 3 atom stereocenters.